The molecular weight excluding hydrogens is 334 g/mol. The number of aromatic nitrogens is 1. The minimum Gasteiger partial charge on any atom is -0.329 e. The lowest BCUT2D eigenvalue weighted by atomic mass is 10.2. The molecule has 0 fully saturated rings. The van der Waals surface area contributed by atoms with Crippen molar-refractivity contribution in [1.29, 1.82) is 0 Å². The average molecular weight is 339 g/mol. The van der Waals surface area contributed by atoms with Crippen molar-refractivity contribution in [2.24, 2.45) is 0 Å². The van der Waals surface area contributed by atoms with Crippen LogP contribution in [0.3, 0.4) is 0 Å². The molecule has 9 heteroatoms. The fourth-order valence-electron chi connectivity index (χ4n) is 1.65. The summed E-state index contributed by atoms with van der Waals surface area (Å²) in [5.74, 6) is -11.6. The second-order valence-electron chi connectivity index (χ2n) is 4.19. The zero-order valence-electron chi connectivity index (χ0n) is 10.8. The van der Waals surface area contributed by atoms with Gasteiger partial charge in [0.2, 0.25) is 5.95 Å². The molecule has 0 aliphatic carbocycles. The number of benzene rings is 2. The third-order valence-electron chi connectivity index (χ3n) is 2.74. The number of hydrogen-bond donors (Lipinski definition) is 1. The normalized spacial score (nSPS) is 10.6. The summed E-state index contributed by atoms with van der Waals surface area (Å²) in [6, 6.07) is 2.91. The second kappa shape index (κ2) is 6.27. The van der Waals surface area contributed by atoms with Crippen molar-refractivity contribution >= 4 is 10.9 Å². The van der Waals surface area contributed by atoms with Gasteiger partial charge >= 0.3 is 0 Å². The van der Waals surface area contributed by atoms with E-state index < -0.39 is 52.1 Å². The van der Waals surface area contributed by atoms with Gasteiger partial charge in [0.05, 0.1) is 10.9 Å². The Balaban J connectivity index is 0.000000174. The Kier molecular flexibility index (Phi) is 4.57. The highest BCUT2D eigenvalue weighted by atomic mass is 19.2. The number of fused-ring (bicyclic) bond motifs is 1. The summed E-state index contributed by atoms with van der Waals surface area (Å²) in [6.07, 6.45) is 0. The van der Waals surface area contributed by atoms with E-state index in [2.05, 4.69) is 0 Å². The van der Waals surface area contributed by atoms with Crippen LogP contribution in [0.15, 0.2) is 24.3 Å². The van der Waals surface area contributed by atoms with Gasteiger partial charge in [0.25, 0.3) is 0 Å². The van der Waals surface area contributed by atoms with Gasteiger partial charge in [-0.05, 0) is 24.3 Å². The van der Waals surface area contributed by atoms with Crippen LogP contribution in [0.25, 0.3) is 10.9 Å². The number of H-pyrrole nitrogens is 1. The zero-order valence-corrected chi connectivity index (χ0v) is 10.8. The fraction of sp³-hybridized carbons (Fsp3) is 0. The number of nitrogens with one attached hydrogen (secondary N) is 1. The SMILES string of the molecule is Fc1ccc(F)c(F)c1F.Fc1ccc2[nH]c(F)c(F)c2c1F. The Morgan fingerprint density at radius 1 is 0.522 bits per heavy atom. The number of hydrogen-bond acceptors (Lipinski definition) is 0. The second-order valence-corrected chi connectivity index (χ2v) is 4.19. The van der Waals surface area contributed by atoms with Crippen LogP contribution < -0.4 is 0 Å². The zero-order chi connectivity index (χ0) is 17.3. The van der Waals surface area contributed by atoms with Crippen LogP contribution >= 0.6 is 0 Å². The van der Waals surface area contributed by atoms with Crippen molar-refractivity contribution in [1.82, 2.24) is 4.98 Å². The van der Waals surface area contributed by atoms with Crippen LogP contribution in [0.4, 0.5) is 35.1 Å². The minimum absolute atomic E-state index is 0.103. The highest BCUT2D eigenvalue weighted by molar-refractivity contribution is 5.80. The highest BCUT2D eigenvalue weighted by Crippen LogP contribution is 2.24. The van der Waals surface area contributed by atoms with Gasteiger partial charge in [0, 0.05) is 0 Å². The van der Waals surface area contributed by atoms with Crippen molar-refractivity contribution in [2.75, 3.05) is 0 Å². The Morgan fingerprint density at radius 2 is 0.957 bits per heavy atom. The molecule has 0 radical (unpaired) electrons. The molecule has 0 bridgehead atoms. The number of halogens is 8. The summed E-state index contributed by atoms with van der Waals surface area (Å²) in [5, 5.41) is -0.683. The Hall–Kier alpha value is -2.58. The van der Waals surface area contributed by atoms with Gasteiger partial charge in [-0.15, -0.1) is 0 Å². The molecule has 1 nitrogen and oxygen atoms in total. The molecule has 1 aromatic heterocycles. The first-order valence-electron chi connectivity index (χ1n) is 5.83. The third-order valence-corrected chi connectivity index (χ3v) is 2.74. The molecular formula is C14H5F8N. The number of aromatic amines is 1. The van der Waals surface area contributed by atoms with E-state index >= 15 is 0 Å². The molecule has 0 saturated carbocycles. The van der Waals surface area contributed by atoms with Crippen LogP contribution in [-0.2, 0) is 0 Å². The van der Waals surface area contributed by atoms with E-state index in [1.54, 1.807) is 0 Å². The first kappa shape index (κ1) is 16.8. The molecule has 0 aliphatic heterocycles. The maximum Gasteiger partial charge on any atom is 0.228 e. The predicted molar refractivity (Wildman–Crippen MR) is 64.4 cm³/mol. The van der Waals surface area contributed by atoms with Crippen molar-refractivity contribution in [3.05, 3.63) is 70.9 Å². The Labute approximate surface area is 123 Å². The largest absolute Gasteiger partial charge is 0.329 e. The lowest BCUT2D eigenvalue weighted by molar-refractivity contribution is 0.409. The first-order valence-corrected chi connectivity index (χ1v) is 5.83. The smallest absolute Gasteiger partial charge is 0.228 e. The topological polar surface area (TPSA) is 15.8 Å². The molecule has 0 spiro atoms. The van der Waals surface area contributed by atoms with Crippen LogP contribution in [0.1, 0.15) is 0 Å². The lowest BCUT2D eigenvalue weighted by Gasteiger charge is -1.93. The molecule has 0 atom stereocenters. The average Bonchev–Trinajstić information content (AvgIpc) is 2.81. The predicted octanol–water partition coefficient (Wildman–Crippen LogP) is 4.97. The molecule has 0 aliphatic rings. The minimum atomic E-state index is -1.78. The summed E-state index contributed by atoms with van der Waals surface area (Å²) >= 11 is 0. The van der Waals surface area contributed by atoms with Gasteiger partial charge in [0.15, 0.2) is 40.7 Å². The van der Waals surface area contributed by atoms with E-state index in [0.29, 0.717) is 12.1 Å². The third kappa shape index (κ3) is 3.13. The summed E-state index contributed by atoms with van der Waals surface area (Å²) in [4.78, 5) is 1.95. The molecule has 0 unspecified atom stereocenters. The highest BCUT2D eigenvalue weighted by Gasteiger charge is 2.17. The summed E-state index contributed by atoms with van der Waals surface area (Å²) in [7, 11) is 0. The molecule has 3 aromatic rings. The van der Waals surface area contributed by atoms with E-state index in [4.69, 9.17) is 0 Å². The van der Waals surface area contributed by atoms with Gasteiger partial charge in [-0.25, -0.2) is 30.7 Å². The molecule has 1 N–H and O–H groups in total. The van der Waals surface area contributed by atoms with Crippen LogP contribution in [0.2, 0.25) is 0 Å². The molecule has 2 aromatic carbocycles. The van der Waals surface area contributed by atoms with Gasteiger partial charge in [-0.1, -0.05) is 0 Å². The molecule has 1 heterocycles. The monoisotopic (exact) mass is 339 g/mol. The van der Waals surface area contributed by atoms with Crippen LogP contribution in [0.5, 0.6) is 0 Å². The quantitative estimate of drug-likeness (QED) is 0.338. The van der Waals surface area contributed by atoms with Gasteiger partial charge in [-0.2, -0.15) is 4.39 Å². The van der Waals surface area contributed by atoms with Crippen molar-refractivity contribution < 1.29 is 35.1 Å². The van der Waals surface area contributed by atoms with Crippen molar-refractivity contribution in [2.45, 2.75) is 0 Å². The molecule has 23 heavy (non-hydrogen) atoms. The van der Waals surface area contributed by atoms with Gasteiger partial charge < -0.3 is 4.98 Å². The first-order chi connectivity index (χ1) is 10.7. The van der Waals surface area contributed by atoms with Crippen LogP contribution in [0, 0.1) is 46.7 Å². The summed E-state index contributed by atoms with van der Waals surface area (Å²) in [6.45, 7) is 0. The number of rotatable bonds is 0. The maximum absolute atomic E-state index is 12.9. The lowest BCUT2D eigenvalue weighted by Crippen LogP contribution is -1.93. The van der Waals surface area contributed by atoms with E-state index in [1.807, 2.05) is 4.98 Å². The van der Waals surface area contributed by atoms with Crippen LogP contribution in [-0.4, -0.2) is 4.98 Å². The Morgan fingerprint density at radius 3 is 1.48 bits per heavy atom. The summed E-state index contributed by atoms with van der Waals surface area (Å²) < 4.78 is 98.7. The molecule has 0 amide bonds. The molecule has 0 saturated heterocycles. The fourth-order valence-corrected chi connectivity index (χ4v) is 1.65. The van der Waals surface area contributed by atoms with Gasteiger partial charge in [-0.3, -0.25) is 0 Å². The van der Waals surface area contributed by atoms with E-state index in [0.717, 1.165) is 12.1 Å². The molecule has 3 rings (SSSR count). The summed E-state index contributed by atoms with van der Waals surface area (Å²) in [5.41, 5.74) is -0.103. The van der Waals surface area contributed by atoms with Crippen molar-refractivity contribution in [3.63, 3.8) is 0 Å². The molecule has 122 valence electrons. The van der Waals surface area contributed by atoms with E-state index in [9.17, 15) is 35.1 Å². The van der Waals surface area contributed by atoms with Gasteiger partial charge in [0.1, 0.15) is 0 Å². The van der Waals surface area contributed by atoms with E-state index in [-0.39, 0.29) is 5.52 Å². The Bertz CT molecular complexity index is 844. The van der Waals surface area contributed by atoms with E-state index in [1.165, 1.54) is 0 Å². The van der Waals surface area contributed by atoms with Crippen molar-refractivity contribution in [3.8, 4) is 0 Å². The standard InChI is InChI=1S/C8H3F4N.C6H2F4/c9-3-1-2-4-5(6(3)10)7(11)8(12)13-4;7-3-1-2-4(8)6(10)5(3)9/h1-2,13H;1-2H. The maximum atomic E-state index is 12.9.